The fourth-order valence-electron chi connectivity index (χ4n) is 2.58. The van der Waals surface area contributed by atoms with Gasteiger partial charge < -0.3 is 15.2 Å². The van der Waals surface area contributed by atoms with Gasteiger partial charge in [0.05, 0.1) is 0 Å². The Morgan fingerprint density at radius 1 is 1.21 bits per heavy atom. The lowest BCUT2D eigenvalue weighted by Crippen LogP contribution is -2.41. The van der Waals surface area contributed by atoms with Crippen molar-refractivity contribution >= 4 is 17.5 Å². The van der Waals surface area contributed by atoms with Gasteiger partial charge in [0.15, 0.2) is 5.60 Å². The minimum absolute atomic E-state index is 0.263. The summed E-state index contributed by atoms with van der Waals surface area (Å²) in [5.41, 5.74) is 6.82. The maximum atomic E-state index is 11.9. The van der Waals surface area contributed by atoms with E-state index in [1.807, 2.05) is 24.3 Å². The van der Waals surface area contributed by atoms with Gasteiger partial charge in [0.1, 0.15) is 12.4 Å². The number of hydrogen-bond donors (Lipinski definition) is 1. The number of benzene rings is 2. The zero-order valence-corrected chi connectivity index (χ0v) is 14.9. The minimum atomic E-state index is -1.24. The first-order chi connectivity index (χ1) is 11.4. The average Bonchev–Trinajstić information content (AvgIpc) is 2.59. The molecule has 0 spiro atoms. The summed E-state index contributed by atoms with van der Waals surface area (Å²) in [6.45, 7) is 3.98. The van der Waals surface area contributed by atoms with Crippen molar-refractivity contribution < 1.29 is 14.3 Å². The number of ether oxygens (including phenoxy) is 2. The molecule has 0 aliphatic rings. The second-order valence-corrected chi connectivity index (χ2v) is 6.09. The molecule has 1 unspecified atom stereocenters. The molecule has 2 aromatic carbocycles. The SMILES string of the molecule is CCc1ccccc1OCc1cc(Cl)ccc1C(C)(OC)C(N)=O. The third-order valence-electron chi connectivity index (χ3n) is 4.20. The number of primary amides is 1. The number of carbonyl (C=O) groups is 1. The minimum Gasteiger partial charge on any atom is -0.489 e. The Kier molecular flexibility index (Phi) is 5.86. The number of para-hydroxylation sites is 1. The number of amides is 1. The van der Waals surface area contributed by atoms with Crippen LogP contribution in [0.2, 0.25) is 5.02 Å². The highest BCUT2D eigenvalue weighted by molar-refractivity contribution is 6.30. The second-order valence-electron chi connectivity index (χ2n) is 5.65. The van der Waals surface area contributed by atoms with Gasteiger partial charge in [-0.3, -0.25) is 4.79 Å². The molecule has 0 saturated heterocycles. The summed E-state index contributed by atoms with van der Waals surface area (Å²) in [7, 11) is 1.45. The molecular weight excluding hydrogens is 326 g/mol. The molecule has 0 heterocycles. The molecule has 5 heteroatoms. The summed E-state index contributed by atoms with van der Waals surface area (Å²) >= 11 is 6.12. The van der Waals surface area contributed by atoms with E-state index < -0.39 is 11.5 Å². The van der Waals surface area contributed by atoms with Crippen molar-refractivity contribution in [2.24, 2.45) is 5.73 Å². The molecule has 0 fully saturated rings. The van der Waals surface area contributed by atoms with E-state index in [9.17, 15) is 4.79 Å². The average molecular weight is 348 g/mol. The first-order valence-corrected chi connectivity index (χ1v) is 8.14. The van der Waals surface area contributed by atoms with Crippen LogP contribution in [-0.4, -0.2) is 13.0 Å². The van der Waals surface area contributed by atoms with Crippen molar-refractivity contribution in [1.82, 2.24) is 0 Å². The number of hydrogen-bond acceptors (Lipinski definition) is 3. The topological polar surface area (TPSA) is 61.6 Å². The largest absolute Gasteiger partial charge is 0.489 e. The summed E-state index contributed by atoms with van der Waals surface area (Å²) in [5, 5.41) is 0.559. The number of halogens is 1. The lowest BCUT2D eigenvalue weighted by molar-refractivity contribution is -0.139. The van der Waals surface area contributed by atoms with E-state index in [-0.39, 0.29) is 6.61 Å². The van der Waals surface area contributed by atoms with Crippen molar-refractivity contribution in [3.63, 3.8) is 0 Å². The van der Waals surface area contributed by atoms with Crippen LogP contribution in [0.15, 0.2) is 42.5 Å². The Morgan fingerprint density at radius 3 is 2.54 bits per heavy atom. The number of methoxy groups -OCH3 is 1. The first-order valence-electron chi connectivity index (χ1n) is 7.77. The monoisotopic (exact) mass is 347 g/mol. The van der Waals surface area contributed by atoms with E-state index in [0.717, 1.165) is 23.3 Å². The van der Waals surface area contributed by atoms with E-state index in [2.05, 4.69) is 6.92 Å². The summed E-state index contributed by atoms with van der Waals surface area (Å²) in [6.07, 6.45) is 0.871. The number of carbonyl (C=O) groups excluding carboxylic acids is 1. The van der Waals surface area contributed by atoms with E-state index >= 15 is 0 Å². The molecule has 0 aliphatic heterocycles. The van der Waals surface area contributed by atoms with Gasteiger partial charge in [-0.25, -0.2) is 0 Å². The molecule has 0 radical (unpaired) electrons. The van der Waals surface area contributed by atoms with Crippen LogP contribution in [-0.2, 0) is 28.2 Å². The smallest absolute Gasteiger partial charge is 0.254 e. The standard InChI is InChI=1S/C19H22ClNO3/c1-4-13-7-5-6-8-17(13)24-12-14-11-15(20)9-10-16(14)19(2,23-3)18(21)22/h5-11H,4,12H2,1-3H3,(H2,21,22). The first kappa shape index (κ1) is 18.3. The van der Waals surface area contributed by atoms with E-state index in [1.54, 1.807) is 25.1 Å². The zero-order valence-electron chi connectivity index (χ0n) is 14.1. The van der Waals surface area contributed by atoms with Gasteiger partial charge in [-0.1, -0.05) is 42.8 Å². The fraction of sp³-hybridized carbons (Fsp3) is 0.316. The summed E-state index contributed by atoms with van der Waals surface area (Å²) < 4.78 is 11.4. The highest BCUT2D eigenvalue weighted by atomic mass is 35.5. The fourth-order valence-corrected chi connectivity index (χ4v) is 2.78. The van der Waals surface area contributed by atoms with Gasteiger partial charge in [-0.05, 0) is 48.2 Å². The summed E-state index contributed by atoms with van der Waals surface area (Å²) in [5.74, 6) is 0.242. The number of nitrogens with two attached hydrogens (primary N) is 1. The lowest BCUT2D eigenvalue weighted by Gasteiger charge is -2.27. The molecule has 1 amide bonds. The van der Waals surface area contributed by atoms with Gasteiger partial charge in [0, 0.05) is 12.1 Å². The molecule has 2 N–H and O–H groups in total. The molecule has 128 valence electrons. The molecule has 0 saturated carbocycles. The maximum absolute atomic E-state index is 11.9. The molecule has 4 nitrogen and oxygen atoms in total. The Bertz CT molecular complexity index is 732. The van der Waals surface area contributed by atoms with Gasteiger partial charge in [-0.15, -0.1) is 0 Å². The van der Waals surface area contributed by atoms with Crippen LogP contribution in [0, 0.1) is 0 Å². The molecule has 0 aliphatic carbocycles. The maximum Gasteiger partial charge on any atom is 0.254 e. The van der Waals surface area contributed by atoms with Gasteiger partial charge in [0.25, 0.3) is 5.91 Å². The molecule has 2 rings (SSSR count). The van der Waals surface area contributed by atoms with Crippen LogP contribution in [0.3, 0.4) is 0 Å². The van der Waals surface area contributed by atoms with E-state index in [1.165, 1.54) is 7.11 Å². The summed E-state index contributed by atoms with van der Waals surface area (Å²) in [4.78, 5) is 11.9. The molecule has 0 aromatic heterocycles. The Labute approximate surface area is 147 Å². The van der Waals surface area contributed by atoms with Crippen LogP contribution in [0.25, 0.3) is 0 Å². The van der Waals surface area contributed by atoms with Crippen molar-refractivity contribution in [2.45, 2.75) is 32.5 Å². The number of rotatable bonds is 7. The predicted octanol–water partition coefficient (Wildman–Crippen LogP) is 3.83. The van der Waals surface area contributed by atoms with Crippen molar-refractivity contribution in [1.29, 1.82) is 0 Å². The van der Waals surface area contributed by atoms with Crippen LogP contribution < -0.4 is 10.5 Å². The van der Waals surface area contributed by atoms with Crippen molar-refractivity contribution in [3.05, 3.63) is 64.2 Å². The van der Waals surface area contributed by atoms with Crippen LogP contribution in [0.5, 0.6) is 5.75 Å². The van der Waals surface area contributed by atoms with Gasteiger partial charge in [0.2, 0.25) is 0 Å². The van der Waals surface area contributed by atoms with Gasteiger partial charge >= 0.3 is 0 Å². The molecule has 1 atom stereocenters. The second kappa shape index (κ2) is 7.69. The normalized spacial score (nSPS) is 13.3. The quantitative estimate of drug-likeness (QED) is 0.828. The molecular formula is C19H22ClNO3. The molecule has 24 heavy (non-hydrogen) atoms. The van der Waals surface area contributed by atoms with Crippen LogP contribution in [0.4, 0.5) is 0 Å². The van der Waals surface area contributed by atoms with Gasteiger partial charge in [-0.2, -0.15) is 0 Å². The number of aryl methyl sites for hydroxylation is 1. The third-order valence-corrected chi connectivity index (χ3v) is 4.43. The highest BCUT2D eigenvalue weighted by Crippen LogP contribution is 2.31. The third kappa shape index (κ3) is 3.71. The van der Waals surface area contributed by atoms with Crippen molar-refractivity contribution in [3.8, 4) is 5.75 Å². The Morgan fingerprint density at radius 2 is 1.92 bits per heavy atom. The molecule has 0 bridgehead atoms. The lowest BCUT2D eigenvalue weighted by atomic mass is 9.90. The van der Waals surface area contributed by atoms with Crippen LogP contribution in [0.1, 0.15) is 30.5 Å². The van der Waals surface area contributed by atoms with E-state index in [0.29, 0.717) is 10.6 Å². The van der Waals surface area contributed by atoms with Crippen LogP contribution >= 0.6 is 11.6 Å². The Balaban J connectivity index is 2.36. The Hall–Kier alpha value is -2.04. The summed E-state index contributed by atoms with van der Waals surface area (Å²) in [6, 6.07) is 13.1. The predicted molar refractivity (Wildman–Crippen MR) is 95.2 cm³/mol. The highest BCUT2D eigenvalue weighted by Gasteiger charge is 2.35. The van der Waals surface area contributed by atoms with Crippen molar-refractivity contribution in [2.75, 3.05) is 7.11 Å². The van der Waals surface area contributed by atoms with E-state index in [4.69, 9.17) is 26.8 Å². The zero-order chi connectivity index (χ0) is 17.7. The molecule has 2 aromatic rings.